The van der Waals surface area contributed by atoms with Crippen LogP contribution in [0.2, 0.25) is 0 Å². The molecule has 0 unspecified atom stereocenters. The predicted molar refractivity (Wildman–Crippen MR) is 109 cm³/mol. The van der Waals surface area contributed by atoms with E-state index < -0.39 is 0 Å². The first kappa shape index (κ1) is 19.8. The molecular formula is C21H23N5O4. The smallest absolute Gasteiger partial charge is 0.267 e. The zero-order valence-corrected chi connectivity index (χ0v) is 16.5. The summed E-state index contributed by atoms with van der Waals surface area (Å²) in [6.45, 7) is 0.328. The second kappa shape index (κ2) is 8.89. The van der Waals surface area contributed by atoms with Crippen LogP contribution in [0.1, 0.15) is 37.3 Å². The second-order valence-electron chi connectivity index (χ2n) is 7.37. The van der Waals surface area contributed by atoms with Crippen LogP contribution in [0.3, 0.4) is 0 Å². The summed E-state index contributed by atoms with van der Waals surface area (Å²) >= 11 is 0. The fourth-order valence-corrected chi connectivity index (χ4v) is 3.68. The summed E-state index contributed by atoms with van der Waals surface area (Å²) in [4.78, 5) is 40.9. The molecule has 4 rings (SSSR count). The Morgan fingerprint density at radius 3 is 2.73 bits per heavy atom. The van der Waals surface area contributed by atoms with E-state index in [1.54, 1.807) is 30.6 Å². The predicted octanol–water partition coefficient (Wildman–Crippen LogP) is 1.53. The van der Waals surface area contributed by atoms with Crippen LogP contribution >= 0.6 is 0 Å². The van der Waals surface area contributed by atoms with Crippen LogP contribution in [0.5, 0.6) is 0 Å². The van der Waals surface area contributed by atoms with Crippen molar-refractivity contribution in [2.75, 3.05) is 6.54 Å². The van der Waals surface area contributed by atoms with Crippen molar-refractivity contribution < 1.29 is 9.21 Å². The minimum atomic E-state index is -0.386. The Kier molecular flexibility index (Phi) is 5.87. The van der Waals surface area contributed by atoms with Gasteiger partial charge in [-0.1, -0.05) is 12.8 Å². The summed E-state index contributed by atoms with van der Waals surface area (Å²) in [5, 5.41) is 6.88. The molecule has 0 spiro atoms. The zero-order chi connectivity index (χ0) is 20.9. The molecule has 0 aliphatic heterocycles. The van der Waals surface area contributed by atoms with Crippen molar-refractivity contribution in [1.82, 2.24) is 24.6 Å². The molecule has 1 saturated carbocycles. The average Bonchev–Trinajstić information content (AvgIpc) is 3.45. The quantitative estimate of drug-likeness (QED) is 0.633. The van der Waals surface area contributed by atoms with Gasteiger partial charge in [-0.3, -0.25) is 19.0 Å². The third-order valence-corrected chi connectivity index (χ3v) is 5.28. The fourth-order valence-electron chi connectivity index (χ4n) is 3.68. The standard InChI is InChI=1S/C21H23N5O4/c27-19(13-26-20(28)8-7-16(24-26)18-6-3-11-30-18)22-9-10-25-14-23-17(12-21(25)29)15-4-1-2-5-15/h3,6-8,11-12,14-15H,1-2,4-5,9-10,13H2,(H,22,27). The van der Waals surface area contributed by atoms with Crippen LogP contribution in [0.15, 0.2) is 56.9 Å². The molecule has 0 radical (unpaired) electrons. The first-order chi connectivity index (χ1) is 14.6. The number of hydrogen-bond acceptors (Lipinski definition) is 6. The minimum absolute atomic E-state index is 0.120. The molecule has 156 valence electrons. The van der Waals surface area contributed by atoms with Crippen LogP contribution in [-0.4, -0.2) is 31.8 Å². The van der Waals surface area contributed by atoms with Gasteiger partial charge in [0, 0.05) is 31.1 Å². The molecule has 1 aliphatic carbocycles. The number of aromatic nitrogens is 4. The Labute approximate surface area is 172 Å². The average molecular weight is 409 g/mol. The largest absolute Gasteiger partial charge is 0.463 e. The molecule has 9 nitrogen and oxygen atoms in total. The van der Waals surface area contributed by atoms with Crippen LogP contribution < -0.4 is 16.4 Å². The Balaban J connectivity index is 1.33. The van der Waals surface area contributed by atoms with Gasteiger partial charge in [0.25, 0.3) is 11.1 Å². The highest BCUT2D eigenvalue weighted by atomic mass is 16.3. The SMILES string of the molecule is O=C(Cn1nc(-c2ccco2)ccc1=O)NCCn1cnc(C2CCCC2)cc1=O. The van der Waals surface area contributed by atoms with Crippen molar-refractivity contribution in [3.05, 3.63) is 69.3 Å². The number of carbonyl (C=O) groups is 1. The summed E-state index contributed by atoms with van der Waals surface area (Å²) in [5.74, 6) is 0.525. The Morgan fingerprint density at radius 2 is 2.00 bits per heavy atom. The third-order valence-electron chi connectivity index (χ3n) is 5.28. The fraction of sp³-hybridized carbons (Fsp3) is 0.381. The summed E-state index contributed by atoms with van der Waals surface area (Å²) in [6.07, 6.45) is 7.59. The molecule has 0 saturated heterocycles. The van der Waals surface area contributed by atoms with Crippen LogP contribution in [0, 0.1) is 0 Å². The molecule has 1 amide bonds. The van der Waals surface area contributed by atoms with E-state index in [9.17, 15) is 14.4 Å². The van der Waals surface area contributed by atoms with Crippen molar-refractivity contribution in [3.8, 4) is 11.5 Å². The van der Waals surface area contributed by atoms with Gasteiger partial charge in [-0.2, -0.15) is 5.10 Å². The molecular weight excluding hydrogens is 386 g/mol. The van der Waals surface area contributed by atoms with E-state index in [0.29, 0.717) is 23.9 Å². The molecule has 3 aromatic rings. The van der Waals surface area contributed by atoms with E-state index in [2.05, 4.69) is 15.4 Å². The Morgan fingerprint density at radius 1 is 1.17 bits per heavy atom. The summed E-state index contributed by atoms with van der Waals surface area (Å²) in [7, 11) is 0. The molecule has 3 heterocycles. The van der Waals surface area contributed by atoms with Gasteiger partial charge in [0.05, 0.1) is 18.3 Å². The normalized spacial score (nSPS) is 14.1. The van der Waals surface area contributed by atoms with Crippen molar-refractivity contribution in [1.29, 1.82) is 0 Å². The van der Waals surface area contributed by atoms with Crippen molar-refractivity contribution in [3.63, 3.8) is 0 Å². The van der Waals surface area contributed by atoms with E-state index in [-0.39, 0.29) is 30.1 Å². The highest BCUT2D eigenvalue weighted by molar-refractivity contribution is 5.75. The van der Waals surface area contributed by atoms with Gasteiger partial charge < -0.3 is 9.73 Å². The lowest BCUT2D eigenvalue weighted by Gasteiger charge is -2.11. The molecule has 0 bridgehead atoms. The number of furan rings is 1. The topological polar surface area (TPSA) is 112 Å². The van der Waals surface area contributed by atoms with Gasteiger partial charge in [0.2, 0.25) is 5.91 Å². The highest BCUT2D eigenvalue weighted by Crippen LogP contribution is 2.32. The maximum absolute atomic E-state index is 12.3. The van der Waals surface area contributed by atoms with Crippen molar-refractivity contribution >= 4 is 5.91 Å². The Bertz CT molecular complexity index is 1130. The molecule has 1 fully saturated rings. The molecule has 3 aromatic heterocycles. The maximum atomic E-state index is 12.3. The lowest BCUT2D eigenvalue weighted by Crippen LogP contribution is -2.36. The monoisotopic (exact) mass is 409 g/mol. The number of amides is 1. The lowest BCUT2D eigenvalue weighted by atomic mass is 10.0. The van der Waals surface area contributed by atoms with Crippen molar-refractivity contribution in [2.45, 2.75) is 44.7 Å². The van der Waals surface area contributed by atoms with E-state index in [1.165, 1.54) is 29.7 Å². The van der Waals surface area contributed by atoms with Crippen molar-refractivity contribution in [2.24, 2.45) is 0 Å². The van der Waals surface area contributed by atoms with Gasteiger partial charge in [0.15, 0.2) is 5.76 Å². The minimum Gasteiger partial charge on any atom is -0.463 e. The van der Waals surface area contributed by atoms with Gasteiger partial charge in [-0.05, 0) is 31.0 Å². The van der Waals surface area contributed by atoms with Gasteiger partial charge >= 0.3 is 0 Å². The van der Waals surface area contributed by atoms with E-state index in [0.717, 1.165) is 23.2 Å². The van der Waals surface area contributed by atoms with Gasteiger partial charge in [-0.15, -0.1) is 0 Å². The van der Waals surface area contributed by atoms with Crippen LogP contribution in [0.25, 0.3) is 11.5 Å². The highest BCUT2D eigenvalue weighted by Gasteiger charge is 2.19. The van der Waals surface area contributed by atoms with Gasteiger partial charge in [-0.25, -0.2) is 9.67 Å². The molecule has 30 heavy (non-hydrogen) atoms. The zero-order valence-electron chi connectivity index (χ0n) is 16.5. The number of carbonyl (C=O) groups excluding carboxylic acids is 1. The molecule has 9 heteroatoms. The van der Waals surface area contributed by atoms with Crippen LogP contribution in [0.4, 0.5) is 0 Å². The number of nitrogens with one attached hydrogen (secondary N) is 1. The number of rotatable bonds is 7. The summed E-state index contributed by atoms with van der Waals surface area (Å²) in [6, 6.07) is 7.93. The number of hydrogen-bond donors (Lipinski definition) is 1. The summed E-state index contributed by atoms with van der Waals surface area (Å²) in [5.41, 5.74) is 0.820. The Hall–Kier alpha value is -3.49. The number of nitrogens with zero attached hydrogens (tertiary/aromatic N) is 4. The molecule has 1 N–H and O–H groups in total. The summed E-state index contributed by atoms with van der Waals surface area (Å²) < 4.78 is 7.82. The van der Waals surface area contributed by atoms with E-state index in [4.69, 9.17) is 4.42 Å². The van der Waals surface area contributed by atoms with E-state index >= 15 is 0 Å². The lowest BCUT2D eigenvalue weighted by molar-refractivity contribution is -0.121. The van der Waals surface area contributed by atoms with E-state index in [1.807, 2.05) is 0 Å². The second-order valence-corrected chi connectivity index (χ2v) is 7.37. The van der Waals surface area contributed by atoms with Gasteiger partial charge in [0.1, 0.15) is 12.2 Å². The maximum Gasteiger partial charge on any atom is 0.267 e. The first-order valence-electron chi connectivity index (χ1n) is 10.1. The first-order valence-corrected chi connectivity index (χ1v) is 10.1. The third kappa shape index (κ3) is 4.56. The van der Waals surface area contributed by atoms with Crippen LogP contribution in [-0.2, 0) is 17.9 Å². The molecule has 1 aliphatic rings. The molecule has 0 aromatic carbocycles. The molecule has 0 atom stereocenters.